The van der Waals surface area contributed by atoms with Crippen LogP contribution >= 0.6 is 0 Å². The van der Waals surface area contributed by atoms with Gasteiger partial charge in [-0.25, -0.2) is 0 Å². The standard InChI is InChI=1S/C14H27NO2/c1-13(2,3)17-12(16)10-15-11-8-6-7-9-14(11,4)5/h11,15H,6-10H2,1-5H3. The summed E-state index contributed by atoms with van der Waals surface area (Å²) in [4.78, 5) is 11.6. The largest absolute Gasteiger partial charge is 0.459 e. The molecule has 1 N–H and O–H groups in total. The predicted octanol–water partition coefficient (Wildman–Crippen LogP) is 2.89. The molecule has 1 aliphatic rings. The van der Waals surface area contributed by atoms with E-state index < -0.39 is 0 Å². The molecule has 0 aromatic heterocycles. The Morgan fingerprint density at radius 1 is 1.35 bits per heavy atom. The molecule has 0 aromatic carbocycles. The highest BCUT2D eigenvalue weighted by molar-refractivity contribution is 5.72. The maximum absolute atomic E-state index is 11.6. The summed E-state index contributed by atoms with van der Waals surface area (Å²) in [5, 5.41) is 3.36. The Morgan fingerprint density at radius 2 is 2.00 bits per heavy atom. The Kier molecular flexibility index (Phi) is 4.59. The average Bonchev–Trinajstić information content (AvgIpc) is 2.12. The van der Waals surface area contributed by atoms with Gasteiger partial charge in [0.05, 0.1) is 6.54 Å². The lowest BCUT2D eigenvalue weighted by molar-refractivity contribution is -0.154. The van der Waals surface area contributed by atoms with Crippen LogP contribution in [0.2, 0.25) is 0 Å². The SMILES string of the molecule is CC(C)(C)OC(=O)CNC1CCCCC1(C)C. The minimum atomic E-state index is -0.388. The van der Waals surface area contributed by atoms with Gasteiger partial charge in [0, 0.05) is 6.04 Å². The van der Waals surface area contributed by atoms with E-state index in [1.54, 1.807) is 0 Å². The molecule has 0 aromatic rings. The van der Waals surface area contributed by atoms with Crippen molar-refractivity contribution in [3.05, 3.63) is 0 Å². The normalized spacial score (nSPS) is 24.4. The van der Waals surface area contributed by atoms with E-state index in [-0.39, 0.29) is 11.6 Å². The van der Waals surface area contributed by atoms with Gasteiger partial charge in [0.2, 0.25) is 0 Å². The monoisotopic (exact) mass is 241 g/mol. The summed E-state index contributed by atoms with van der Waals surface area (Å²) in [6, 6.07) is 0.434. The van der Waals surface area contributed by atoms with Crippen molar-refractivity contribution in [2.24, 2.45) is 5.41 Å². The van der Waals surface area contributed by atoms with Gasteiger partial charge < -0.3 is 10.1 Å². The van der Waals surface area contributed by atoms with Gasteiger partial charge in [0.15, 0.2) is 0 Å². The molecule has 0 radical (unpaired) electrons. The van der Waals surface area contributed by atoms with Crippen LogP contribution in [-0.2, 0) is 9.53 Å². The number of nitrogens with one attached hydrogen (secondary N) is 1. The van der Waals surface area contributed by atoms with E-state index in [1.165, 1.54) is 19.3 Å². The smallest absolute Gasteiger partial charge is 0.320 e. The quantitative estimate of drug-likeness (QED) is 0.772. The number of esters is 1. The maximum Gasteiger partial charge on any atom is 0.320 e. The second kappa shape index (κ2) is 5.38. The van der Waals surface area contributed by atoms with Crippen LogP contribution in [0.4, 0.5) is 0 Å². The number of ether oxygens (including phenoxy) is 1. The van der Waals surface area contributed by atoms with Crippen molar-refractivity contribution in [3.8, 4) is 0 Å². The molecule has 1 aliphatic carbocycles. The molecule has 1 fully saturated rings. The van der Waals surface area contributed by atoms with Gasteiger partial charge in [0.25, 0.3) is 0 Å². The highest BCUT2D eigenvalue weighted by Crippen LogP contribution is 2.35. The highest BCUT2D eigenvalue weighted by atomic mass is 16.6. The lowest BCUT2D eigenvalue weighted by atomic mass is 9.73. The van der Waals surface area contributed by atoms with Crippen LogP contribution in [0, 0.1) is 5.41 Å². The van der Waals surface area contributed by atoms with Crippen molar-refractivity contribution < 1.29 is 9.53 Å². The van der Waals surface area contributed by atoms with Gasteiger partial charge in [0.1, 0.15) is 5.60 Å². The lowest BCUT2D eigenvalue weighted by Crippen LogP contribution is -2.46. The van der Waals surface area contributed by atoms with Crippen molar-refractivity contribution in [3.63, 3.8) is 0 Å². The summed E-state index contributed by atoms with van der Waals surface area (Å²) in [5.41, 5.74) is -0.0961. The lowest BCUT2D eigenvalue weighted by Gasteiger charge is -2.39. The van der Waals surface area contributed by atoms with Gasteiger partial charge >= 0.3 is 5.97 Å². The predicted molar refractivity (Wildman–Crippen MR) is 69.9 cm³/mol. The first kappa shape index (κ1) is 14.5. The Labute approximate surface area is 105 Å². The minimum absolute atomic E-state index is 0.154. The fourth-order valence-electron chi connectivity index (χ4n) is 2.46. The second-order valence-corrected chi connectivity index (χ2v) is 6.75. The highest BCUT2D eigenvalue weighted by Gasteiger charge is 2.32. The molecule has 1 unspecified atom stereocenters. The molecule has 0 spiro atoms. The van der Waals surface area contributed by atoms with Crippen LogP contribution < -0.4 is 5.32 Å². The zero-order chi connectivity index (χ0) is 13.1. The summed E-state index contributed by atoms with van der Waals surface area (Å²) < 4.78 is 5.30. The first-order valence-electron chi connectivity index (χ1n) is 6.66. The number of carbonyl (C=O) groups is 1. The Bertz CT molecular complexity index is 266. The van der Waals surface area contributed by atoms with Crippen molar-refractivity contribution >= 4 is 5.97 Å². The first-order chi connectivity index (χ1) is 7.71. The molecule has 100 valence electrons. The van der Waals surface area contributed by atoms with Crippen LogP contribution in [0.3, 0.4) is 0 Å². The third-order valence-electron chi connectivity index (χ3n) is 3.42. The Balaban J connectivity index is 2.37. The number of hydrogen-bond acceptors (Lipinski definition) is 3. The molecular weight excluding hydrogens is 214 g/mol. The molecule has 0 aliphatic heterocycles. The number of hydrogen-bond donors (Lipinski definition) is 1. The van der Waals surface area contributed by atoms with Crippen LogP contribution in [-0.4, -0.2) is 24.2 Å². The minimum Gasteiger partial charge on any atom is -0.459 e. The van der Waals surface area contributed by atoms with Crippen LogP contribution in [0.25, 0.3) is 0 Å². The van der Waals surface area contributed by atoms with Crippen LogP contribution in [0.5, 0.6) is 0 Å². The molecule has 1 saturated carbocycles. The first-order valence-corrected chi connectivity index (χ1v) is 6.66. The van der Waals surface area contributed by atoms with Gasteiger partial charge in [-0.3, -0.25) is 4.79 Å². The van der Waals surface area contributed by atoms with Crippen LogP contribution in [0.15, 0.2) is 0 Å². The van der Waals surface area contributed by atoms with Gasteiger partial charge in [-0.2, -0.15) is 0 Å². The number of rotatable bonds is 3. The summed E-state index contributed by atoms with van der Waals surface area (Å²) in [7, 11) is 0. The van der Waals surface area contributed by atoms with Gasteiger partial charge in [-0.15, -0.1) is 0 Å². The topological polar surface area (TPSA) is 38.3 Å². The van der Waals surface area contributed by atoms with E-state index in [1.807, 2.05) is 20.8 Å². The third kappa shape index (κ3) is 5.07. The van der Waals surface area contributed by atoms with E-state index in [9.17, 15) is 4.79 Å². The zero-order valence-electron chi connectivity index (χ0n) is 11.9. The summed E-state index contributed by atoms with van der Waals surface area (Å²) in [5.74, 6) is -0.154. The summed E-state index contributed by atoms with van der Waals surface area (Å²) in [6.07, 6.45) is 4.96. The Hall–Kier alpha value is -0.570. The fourth-order valence-corrected chi connectivity index (χ4v) is 2.46. The molecule has 0 heterocycles. The molecule has 0 amide bonds. The van der Waals surface area contributed by atoms with Crippen molar-refractivity contribution in [2.45, 2.75) is 71.9 Å². The zero-order valence-corrected chi connectivity index (χ0v) is 11.9. The van der Waals surface area contributed by atoms with E-state index in [4.69, 9.17) is 4.74 Å². The summed E-state index contributed by atoms with van der Waals surface area (Å²) >= 11 is 0. The molecule has 17 heavy (non-hydrogen) atoms. The van der Waals surface area contributed by atoms with Crippen molar-refractivity contribution in [2.75, 3.05) is 6.54 Å². The molecule has 1 rings (SSSR count). The van der Waals surface area contributed by atoms with Crippen LogP contribution in [0.1, 0.15) is 60.3 Å². The average molecular weight is 241 g/mol. The maximum atomic E-state index is 11.6. The van der Waals surface area contributed by atoms with E-state index in [2.05, 4.69) is 19.2 Å². The van der Waals surface area contributed by atoms with Crippen molar-refractivity contribution in [1.82, 2.24) is 5.32 Å². The fraction of sp³-hybridized carbons (Fsp3) is 0.929. The van der Waals surface area contributed by atoms with Crippen molar-refractivity contribution in [1.29, 1.82) is 0 Å². The molecule has 0 bridgehead atoms. The van der Waals surface area contributed by atoms with Gasteiger partial charge in [-0.1, -0.05) is 26.7 Å². The van der Waals surface area contributed by atoms with E-state index >= 15 is 0 Å². The molecule has 3 heteroatoms. The van der Waals surface area contributed by atoms with E-state index in [0.29, 0.717) is 18.0 Å². The third-order valence-corrected chi connectivity index (χ3v) is 3.42. The molecule has 0 saturated heterocycles. The molecule has 3 nitrogen and oxygen atoms in total. The second-order valence-electron chi connectivity index (χ2n) is 6.75. The van der Waals surface area contributed by atoms with Gasteiger partial charge in [-0.05, 0) is 39.0 Å². The molecule has 1 atom stereocenters. The molecular formula is C14H27NO2. The summed E-state index contributed by atoms with van der Waals surface area (Å²) in [6.45, 7) is 10.6. The Morgan fingerprint density at radius 3 is 2.53 bits per heavy atom. The number of carbonyl (C=O) groups excluding carboxylic acids is 1. The van der Waals surface area contributed by atoms with E-state index in [0.717, 1.165) is 6.42 Å².